The highest BCUT2D eigenvalue weighted by atomic mass is 16.5. The lowest BCUT2D eigenvalue weighted by atomic mass is 10.1. The number of carbonyl (C=O) groups is 2. The van der Waals surface area contributed by atoms with Crippen LogP contribution in [0.15, 0.2) is 0 Å². The molecule has 0 aliphatic heterocycles. The van der Waals surface area contributed by atoms with Crippen molar-refractivity contribution >= 4 is 12.3 Å². The van der Waals surface area contributed by atoms with E-state index in [1.54, 1.807) is 0 Å². The van der Waals surface area contributed by atoms with E-state index in [4.69, 9.17) is 0 Å². The molecule has 0 spiro atoms. The summed E-state index contributed by atoms with van der Waals surface area (Å²) in [4.78, 5) is 21.1. The molecule has 0 saturated heterocycles. The third-order valence-electron chi connectivity index (χ3n) is 2.31. The molecule has 3 heteroatoms. The molecular weight excluding hydrogens is 168 g/mol. The van der Waals surface area contributed by atoms with Gasteiger partial charge in [-0.15, -0.1) is 0 Å². The van der Waals surface area contributed by atoms with Crippen LogP contribution in [0.25, 0.3) is 0 Å². The van der Waals surface area contributed by atoms with Crippen molar-refractivity contribution in [1.82, 2.24) is 0 Å². The maximum atomic E-state index is 11.1. The van der Waals surface area contributed by atoms with Crippen LogP contribution in [0, 0.1) is 23.7 Å². The monoisotopic (exact) mass is 180 g/mol. The average Bonchev–Trinajstić information content (AvgIpc) is 2.62. The summed E-state index contributed by atoms with van der Waals surface area (Å²) in [6, 6.07) is 0. The van der Waals surface area contributed by atoms with Gasteiger partial charge in [0, 0.05) is 5.92 Å². The van der Waals surface area contributed by atoms with Gasteiger partial charge in [0.05, 0.1) is 13.0 Å². The molecule has 0 unspecified atom stereocenters. The van der Waals surface area contributed by atoms with E-state index in [1.807, 2.05) is 0 Å². The Hall–Kier alpha value is -1.30. The molecule has 0 aromatic carbocycles. The Kier molecular flexibility index (Phi) is 3.51. The van der Waals surface area contributed by atoms with Gasteiger partial charge in [0.25, 0.3) is 0 Å². The number of hydrogen-bond donors (Lipinski definition) is 0. The summed E-state index contributed by atoms with van der Waals surface area (Å²) in [7, 11) is 1.40. The average molecular weight is 180 g/mol. The van der Waals surface area contributed by atoms with Gasteiger partial charge in [-0.3, -0.25) is 9.59 Å². The molecule has 2 atom stereocenters. The Morgan fingerprint density at radius 1 is 1.54 bits per heavy atom. The van der Waals surface area contributed by atoms with Gasteiger partial charge in [-0.05, 0) is 25.2 Å². The molecule has 13 heavy (non-hydrogen) atoms. The molecule has 0 amide bonds. The standard InChI is InChI=1S/C10H12O3/c1-13-10(12)9-5-4-8(7-9)3-2-6-11/h6,8-9H,4-5,7H2,1H3/t8-,9+/m0/s1. The lowest BCUT2D eigenvalue weighted by Crippen LogP contribution is -2.12. The van der Waals surface area contributed by atoms with Crippen molar-refractivity contribution in [1.29, 1.82) is 0 Å². The van der Waals surface area contributed by atoms with Gasteiger partial charge in [-0.2, -0.15) is 0 Å². The summed E-state index contributed by atoms with van der Waals surface area (Å²) < 4.78 is 4.63. The minimum absolute atomic E-state index is 0.0176. The molecular formula is C10H12O3. The zero-order chi connectivity index (χ0) is 9.68. The van der Waals surface area contributed by atoms with Crippen LogP contribution < -0.4 is 0 Å². The van der Waals surface area contributed by atoms with E-state index in [9.17, 15) is 9.59 Å². The molecule has 3 nitrogen and oxygen atoms in total. The van der Waals surface area contributed by atoms with E-state index in [0.29, 0.717) is 6.29 Å². The SMILES string of the molecule is COC(=O)[C@@H]1CC[C@H](C#CC=O)C1. The van der Waals surface area contributed by atoms with Crippen molar-refractivity contribution in [2.45, 2.75) is 19.3 Å². The van der Waals surface area contributed by atoms with E-state index >= 15 is 0 Å². The number of esters is 1. The lowest BCUT2D eigenvalue weighted by Gasteiger charge is -2.04. The zero-order valence-electron chi connectivity index (χ0n) is 7.58. The fraction of sp³-hybridized carbons (Fsp3) is 0.600. The highest BCUT2D eigenvalue weighted by molar-refractivity contribution is 5.74. The van der Waals surface area contributed by atoms with Crippen LogP contribution >= 0.6 is 0 Å². The third kappa shape index (κ3) is 2.59. The summed E-state index contributed by atoms with van der Waals surface area (Å²) in [5.74, 6) is 5.21. The van der Waals surface area contributed by atoms with Gasteiger partial charge in [-0.25, -0.2) is 0 Å². The highest BCUT2D eigenvalue weighted by Gasteiger charge is 2.29. The number of aldehydes is 1. The molecule has 1 fully saturated rings. The predicted molar refractivity (Wildman–Crippen MR) is 46.7 cm³/mol. The fourth-order valence-electron chi connectivity index (χ4n) is 1.65. The molecule has 0 heterocycles. The first-order valence-electron chi connectivity index (χ1n) is 4.30. The smallest absolute Gasteiger partial charge is 0.308 e. The van der Waals surface area contributed by atoms with Crippen LogP contribution in [0.4, 0.5) is 0 Å². The number of methoxy groups -OCH3 is 1. The quantitative estimate of drug-likeness (QED) is 0.340. The van der Waals surface area contributed by atoms with Crippen LogP contribution in [-0.4, -0.2) is 19.4 Å². The van der Waals surface area contributed by atoms with Gasteiger partial charge in [0.1, 0.15) is 0 Å². The van der Waals surface area contributed by atoms with E-state index in [2.05, 4.69) is 16.6 Å². The van der Waals surface area contributed by atoms with Gasteiger partial charge >= 0.3 is 5.97 Å². The minimum atomic E-state index is -0.157. The van der Waals surface area contributed by atoms with Gasteiger partial charge in [0.15, 0.2) is 6.29 Å². The second-order valence-corrected chi connectivity index (χ2v) is 3.14. The number of carbonyl (C=O) groups excluding carboxylic acids is 2. The normalized spacial score (nSPS) is 25.9. The zero-order valence-corrected chi connectivity index (χ0v) is 7.58. The predicted octanol–water partition coefficient (Wildman–Crippen LogP) is 0.778. The number of ether oxygens (including phenoxy) is 1. The summed E-state index contributed by atoms with van der Waals surface area (Å²) in [5.41, 5.74) is 0. The van der Waals surface area contributed by atoms with Crippen molar-refractivity contribution in [3.05, 3.63) is 0 Å². The second-order valence-electron chi connectivity index (χ2n) is 3.14. The van der Waals surface area contributed by atoms with Gasteiger partial charge < -0.3 is 4.74 Å². The van der Waals surface area contributed by atoms with Crippen LogP contribution in [0.3, 0.4) is 0 Å². The molecule has 1 rings (SSSR count). The largest absolute Gasteiger partial charge is 0.469 e. The first kappa shape index (κ1) is 9.79. The van der Waals surface area contributed by atoms with Gasteiger partial charge in [-0.1, -0.05) is 5.92 Å². The minimum Gasteiger partial charge on any atom is -0.469 e. The first-order valence-corrected chi connectivity index (χ1v) is 4.30. The van der Waals surface area contributed by atoms with Crippen molar-refractivity contribution in [2.75, 3.05) is 7.11 Å². The van der Waals surface area contributed by atoms with Crippen molar-refractivity contribution in [3.8, 4) is 11.8 Å². The van der Waals surface area contributed by atoms with Crippen molar-refractivity contribution in [3.63, 3.8) is 0 Å². The first-order chi connectivity index (χ1) is 6.27. The highest BCUT2D eigenvalue weighted by Crippen LogP contribution is 2.30. The summed E-state index contributed by atoms with van der Waals surface area (Å²) >= 11 is 0. The summed E-state index contributed by atoms with van der Waals surface area (Å²) in [5, 5.41) is 0. The van der Waals surface area contributed by atoms with Gasteiger partial charge in [0.2, 0.25) is 0 Å². The lowest BCUT2D eigenvalue weighted by molar-refractivity contribution is -0.145. The van der Waals surface area contributed by atoms with Crippen LogP contribution in [0.5, 0.6) is 0 Å². The van der Waals surface area contributed by atoms with E-state index in [-0.39, 0.29) is 17.8 Å². The summed E-state index contributed by atoms with van der Waals surface area (Å²) in [6.07, 6.45) is 3.03. The molecule has 1 saturated carbocycles. The Bertz CT molecular complexity index is 259. The number of rotatable bonds is 1. The van der Waals surface area contributed by atoms with Crippen LogP contribution in [0.1, 0.15) is 19.3 Å². The maximum absolute atomic E-state index is 11.1. The Morgan fingerprint density at radius 3 is 2.92 bits per heavy atom. The third-order valence-corrected chi connectivity index (χ3v) is 2.31. The van der Waals surface area contributed by atoms with Crippen molar-refractivity contribution < 1.29 is 14.3 Å². The Balaban J connectivity index is 2.44. The molecule has 1 aliphatic carbocycles. The Labute approximate surface area is 77.5 Å². The summed E-state index contributed by atoms with van der Waals surface area (Å²) in [6.45, 7) is 0. The molecule has 0 aromatic heterocycles. The molecule has 0 aromatic rings. The fourth-order valence-corrected chi connectivity index (χ4v) is 1.65. The topological polar surface area (TPSA) is 43.4 Å². The van der Waals surface area contributed by atoms with Crippen molar-refractivity contribution in [2.24, 2.45) is 11.8 Å². The van der Waals surface area contributed by atoms with Crippen LogP contribution in [-0.2, 0) is 14.3 Å². The number of hydrogen-bond acceptors (Lipinski definition) is 3. The second kappa shape index (κ2) is 4.66. The molecule has 0 bridgehead atoms. The molecule has 0 N–H and O–H groups in total. The van der Waals surface area contributed by atoms with E-state index in [0.717, 1.165) is 19.3 Å². The molecule has 70 valence electrons. The van der Waals surface area contributed by atoms with E-state index < -0.39 is 0 Å². The molecule has 0 radical (unpaired) electrons. The van der Waals surface area contributed by atoms with Crippen LogP contribution in [0.2, 0.25) is 0 Å². The van der Waals surface area contributed by atoms with E-state index in [1.165, 1.54) is 7.11 Å². The molecule has 1 aliphatic rings. The Morgan fingerprint density at radius 2 is 2.31 bits per heavy atom. The maximum Gasteiger partial charge on any atom is 0.308 e.